The van der Waals surface area contributed by atoms with Gasteiger partial charge in [0.2, 0.25) is 0 Å². The molecule has 4 heteroatoms. The van der Waals surface area contributed by atoms with Crippen LogP contribution in [0.4, 0.5) is 0 Å². The van der Waals surface area contributed by atoms with Crippen LogP contribution in [-0.2, 0) is 17.9 Å². The minimum absolute atomic E-state index is 0.0964. The van der Waals surface area contributed by atoms with Gasteiger partial charge in [0.25, 0.3) is 0 Å². The van der Waals surface area contributed by atoms with Gasteiger partial charge in [-0.15, -0.1) is 0 Å². The fourth-order valence-corrected chi connectivity index (χ4v) is 23.7. The molecule has 1 atom stereocenters. The molecular weight excluding hydrogens is 611 g/mol. The summed E-state index contributed by atoms with van der Waals surface area (Å²) in [4.78, 5) is 0. The maximum atomic E-state index is 7.81. The van der Waals surface area contributed by atoms with Crippen LogP contribution in [0.1, 0.15) is 28.1 Å². The molecule has 0 spiro atoms. The van der Waals surface area contributed by atoms with Crippen LogP contribution in [0.25, 0.3) is 39.5 Å². The Balaban J connectivity index is 1.42. The van der Waals surface area contributed by atoms with Crippen molar-refractivity contribution in [3.63, 3.8) is 0 Å². The molecule has 1 heterocycles. The number of hydrogen-bond acceptors (Lipinski definition) is 0. The molecule has 1 aliphatic carbocycles. The van der Waals surface area contributed by atoms with Crippen molar-refractivity contribution in [1.29, 1.82) is 0 Å². The van der Waals surface area contributed by atoms with E-state index in [0.717, 1.165) is 6.42 Å². The summed E-state index contributed by atoms with van der Waals surface area (Å²) in [7, 11) is 15.0. The van der Waals surface area contributed by atoms with Gasteiger partial charge in [0.1, 0.15) is 0 Å². The van der Waals surface area contributed by atoms with E-state index in [9.17, 15) is 0 Å². The van der Waals surface area contributed by atoms with Crippen molar-refractivity contribution in [2.75, 3.05) is 0 Å². The number of fused-ring (bicyclic) bond motifs is 4. The van der Waals surface area contributed by atoms with Crippen LogP contribution in [0, 0.1) is 0 Å². The van der Waals surface area contributed by atoms with E-state index in [4.69, 9.17) is 17.0 Å². The molecule has 5 aromatic carbocycles. The third-order valence-corrected chi connectivity index (χ3v) is 22.8. The summed E-state index contributed by atoms with van der Waals surface area (Å²) in [6, 6.07) is 41.7. The number of halogens is 2. The fraction of sp³-hybridized carbons (Fsp3) is 0.0857. The zero-order valence-electron chi connectivity index (χ0n) is 21.8. The van der Waals surface area contributed by atoms with E-state index in [2.05, 4.69) is 128 Å². The van der Waals surface area contributed by atoms with Gasteiger partial charge in [-0.3, -0.25) is 0 Å². The van der Waals surface area contributed by atoms with Gasteiger partial charge in [0, 0.05) is 0 Å². The molecule has 39 heavy (non-hydrogen) atoms. The molecule has 0 N–H and O–H groups in total. The van der Waals surface area contributed by atoms with Gasteiger partial charge in [0.15, 0.2) is 0 Å². The van der Waals surface area contributed by atoms with E-state index in [1.54, 1.807) is 0 Å². The molecule has 5 aromatic rings. The van der Waals surface area contributed by atoms with Crippen LogP contribution >= 0.6 is 17.0 Å². The zero-order valence-corrected chi connectivity index (χ0v) is 27.2. The number of hydrogen-bond donors (Lipinski definition) is 0. The van der Waals surface area contributed by atoms with Crippen molar-refractivity contribution in [2.24, 2.45) is 0 Å². The molecule has 190 valence electrons. The first-order chi connectivity index (χ1) is 19.1. The van der Waals surface area contributed by atoms with Crippen LogP contribution in [0.2, 0.25) is 0 Å². The van der Waals surface area contributed by atoms with Crippen LogP contribution in [0.5, 0.6) is 0 Å². The van der Waals surface area contributed by atoms with E-state index < -0.39 is 27.4 Å². The van der Waals surface area contributed by atoms with Crippen molar-refractivity contribution in [3.8, 4) is 33.4 Å². The predicted octanol–water partition coefficient (Wildman–Crippen LogP) is 7.76. The summed E-state index contributed by atoms with van der Waals surface area (Å²) in [5.74, 6) is 0. The molecular formula is C35H28Cl2SiZr. The first-order valence-corrected chi connectivity index (χ1v) is 24.0. The monoisotopic (exact) mass is 636 g/mol. The summed E-state index contributed by atoms with van der Waals surface area (Å²) in [6.45, 7) is 2.25. The first-order valence-electron chi connectivity index (χ1n) is 13.6. The zero-order chi connectivity index (χ0) is 26.6. The molecule has 0 radical (unpaired) electrons. The van der Waals surface area contributed by atoms with E-state index in [1.807, 2.05) is 0 Å². The quantitative estimate of drug-likeness (QED) is 0.170. The Morgan fingerprint density at radius 2 is 1.33 bits per heavy atom. The van der Waals surface area contributed by atoms with E-state index in [1.165, 1.54) is 63.7 Å². The fourth-order valence-electron chi connectivity index (χ4n) is 6.64. The predicted molar refractivity (Wildman–Crippen MR) is 169 cm³/mol. The molecule has 7 rings (SSSR count). The van der Waals surface area contributed by atoms with E-state index in [-0.39, 0.29) is 3.63 Å². The second-order valence-corrected chi connectivity index (χ2v) is 26.3. The van der Waals surface area contributed by atoms with Gasteiger partial charge < -0.3 is 0 Å². The van der Waals surface area contributed by atoms with Gasteiger partial charge in [-0.2, -0.15) is 0 Å². The van der Waals surface area contributed by atoms with Crippen LogP contribution in [-0.4, -0.2) is 9.52 Å². The normalized spacial score (nSPS) is 16.1. The van der Waals surface area contributed by atoms with Crippen molar-refractivity contribution in [2.45, 2.75) is 17.0 Å². The Hall–Kier alpha value is -2.48. The van der Waals surface area contributed by atoms with Gasteiger partial charge in [-0.1, -0.05) is 0 Å². The molecule has 2 aliphatic rings. The van der Waals surface area contributed by atoms with Gasteiger partial charge in [-0.05, 0) is 0 Å². The Kier molecular flexibility index (Phi) is 6.64. The Bertz CT molecular complexity index is 1740. The molecule has 0 bridgehead atoms. The Morgan fingerprint density at radius 3 is 2.08 bits per heavy atom. The molecule has 1 aliphatic heterocycles. The van der Waals surface area contributed by atoms with E-state index in [0.29, 0.717) is 0 Å². The van der Waals surface area contributed by atoms with Crippen molar-refractivity contribution < 1.29 is 17.9 Å². The van der Waals surface area contributed by atoms with Crippen LogP contribution in [0.15, 0.2) is 121 Å². The van der Waals surface area contributed by atoms with Crippen molar-refractivity contribution >= 4 is 46.3 Å². The Labute approximate surface area is 244 Å². The average molecular weight is 639 g/mol. The second kappa shape index (κ2) is 10.2. The van der Waals surface area contributed by atoms with Crippen LogP contribution in [0.3, 0.4) is 0 Å². The summed E-state index contributed by atoms with van der Waals surface area (Å²) in [6.07, 6.45) is 3.36. The van der Waals surface area contributed by atoms with Gasteiger partial charge >= 0.3 is 246 Å². The molecule has 0 amide bonds. The maximum absolute atomic E-state index is 7.81. The first kappa shape index (κ1) is 25.5. The summed E-state index contributed by atoms with van der Waals surface area (Å²) >= 11 is -3.97. The van der Waals surface area contributed by atoms with Crippen molar-refractivity contribution in [3.05, 3.63) is 132 Å². The number of benzene rings is 5. The summed E-state index contributed by atoms with van der Waals surface area (Å²) in [5.41, 5.74) is 11.7. The SMILES string of the molecule is CCC1=Cc2c(ccc(-c3ccccc3)c2-c2ccccc2)[CH]1[Zr]([Cl])([Cl])[c]1cccc2c1[SiH2]c1ccccc1-2. The number of allylic oxidation sites excluding steroid dienone is 1. The van der Waals surface area contributed by atoms with E-state index >= 15 is 0 Å². The third-order valence-electron chi connectivity index (χ3n) is 8.42. The Morgan fingerprint density at radius 1 is 0.667 bits per heavy atom. The standard InChI is InChI=1S/C23H19.C12H9Si.2ClH.Zr/c1-2-17-15-20-13-14-21(18-9-5-3-6-10-18)23(22(20)16-17)19-11-7-4-8-12-19;1-3-7-11-9(5-1)10-6-2-4-8-12(10)13-11;;;/h3-16H,2H2,1H3;1-7H,13H2;2*1H;/q;;;;+2/p-2. The van der Waals surface area contributed by atoms with Gasteiger partial charge in [0.05, 0.1) is 0 Å². The third kappa shape index (κ3) is 4.20. The van der Waals surface area contributed by atoms with Gasteiger partial charge in [-0.25, -0.2) is 0 Å². The molecule has 0 saturated carbocycles. The average Bonchev–Trinajstić information content (AvgIpc) is 3.56. The molecule has 0 saturated heterocycles. The topological polar surface area (TPSA) is 0 Å². The summed E-state index contributed by atoms with van der Waals surface area (Å²) < 4.78 is 1.39. The number of rotatable bonds is 5. The second-order valence-electron chi connectivity index (χ2n) is 10.5. The molecule has 1 unspecified atom stereocenters. The van der Waals surface area contributed by atoms with Crippen LogP contribution < -0.4 is 13.6 Å². The summed E-state index contributed by atoms with van der Waals surface area (Å²) in [5, 5.41) is 2.99. The minimum atomic E-state index is -3.97. The molecule has 0 nitrogen and oxygen atoms in total. The van der Waals surface area contributed by atoms with Crippen molar-refractivity contribution in [1.82, 2.24) is 0 Å². The molecule has 0 fully saturated rings. The molecule has 0 aromatic heterocycles.